The van der Waals surface area contributed by atoms with Crippen LogP contribution >= 0.6 is 0 Å². The maximum atomic E-state index is 12.1. The summed E-state index contributed by atoms with van der Waals surface area (Å²) in [5.41, 5.74) is 0. The highest BCUT2D eigenvalue weighted by atomic mass is 16.8. The van der Waals surface area contributed by atoms with Crippen molar-refractivity contribution >= 4 is 11.9 Å². The van der Waals surface area contributed by atoms with Crippen molar-refractivity contribution in [3.63, 3.8) is 0 Å². The zero-order valence-electron chi connectivity index (χ0n) is 44.3. The van der Waals surface area contributed by atoms with E-state index in [0.29, 0.717) is 4.90 Å². The van der Waals surface area contributed by atoms with Crippen LogP contribution in [0.15, 0.2) is 0 Å². The van der Waals surface area contributed by atoms with Crippen molar-refractivity contribution in [3.05, 3.63) is 0 Å². The Labute approximate surface area is 478 Å². The Morgan fingerprint density at radius 2 is 0.424 bits per heavy atom. The Balaban J connectivity index is 1.13. The molecule has 21 heterocycles. The van der Waals surface area contributed by atoms with E-state index in [1.165, 1.54) is 0 Å². The van der Waals surface area contributed by atoms with E-state index in [-0.39, 0.29) is 0 Å². The maximum absolute atomic E-state index is 12.1. The molecule has 21 saturated heterocycles. The molecule has 14 bridgehead atoms. The molecule has 39 nitrogen and oxygen atoms in total. The van der Waals surface area contributed by atoms with E-state index >= 15 is 0 Å². The Morgan fingerprint density at radius 3 is 0.600 bits per heavy atom. The van der Waals surface area contributed by atoms with Gasteiger partial charge in [0.2, 0.25) is 0 Å². The molecule has 0 aromatic carbocycles. The minimum atomic E-state index is -2.44. The number of hydrogen-bond donors (Lipinski definition) is 20. The van der Waals surface area contributed by atoms with Gasteiger partial charge in [-0.25, -0.2) is 0 Å². The van der Waals surface area contributed by atoms with Crippen LogP contribution in [0.1, 0.15) is 0 Å². The van der Waals surface area contributed by atoms with E-state index in [1.807, 2.05) is 0 Å². The van der Waals surface area contributed by atoms with Gasteiger partial charge in [-0.15, -0.1) is 0 Å². The fourth-order valence-electron chi connectivity index (χ4n) is 11.4. The van der Waals surface area contributed by atoms with Crippen LogP contribution < -0.4 is 10.2 Å². The van der Waals surface area contributed by atoms with Crippen LogP contribution in [0, 0.1) is 0 Å². The number of hydrogen-bond acceptors (Lipinski definition) is 39. The van der Waals surface area contributed by atoms with Crippen LogP contribution in [0.2, 0.25) is 0 Å². The average Bonchev–Trinajstić information content (AvgIpc) is 3.07. The first-order valence-corrected chi connectivity index (χ1v) is 26.8. The lowest BCUT2D eigenvalue weighted by atomic mass is 9.92. The molecular weight excluding hydrogens is 1170 g/mol. The highest BCUT2D eigenvalue weighted by Crippen LogP contribution is 2.39. The van der Waals surface area contributed by atoms with Gasteiger partial charge in [0.25, 0.3) is 0 Å². The first-order chi connectivity index (χ1) is 40.4. The molecule has 21 aliphatic heterocycles. The minimum absolute atomic E-state index is 0.448. The van der Waals surface area contributed by atoms with Gasteiger partial charge in [-0.05, 0) is 0 Å². The summed E-state index contributed by atoms with van der Waals surface area (Å²) in [6, 6.07) is -2.15. The van der Waals surface area contributed by atoms with Gasteiger partial charge in [0, 0.05) is 13.1 Å². The summed E-state index contributed by atoms with van der Waals surface area (Å²) >= 11 is 0. The number of carboxylic acids is 2. The molecule has 0 saturated carbocycles. The number of aliphatic carboxylic acids is 2. The fourth-order valence-corrected chi connectivity index (χ4v) is 11.4. The number of aliphatic hydroxyl groups excluding tert-OH is 20. The van der Waals surface area contributed by atoms with Gasteiger partial charge in [0.05, 0.1) is 64.2 Å². The maximum Gasteiger partial charge on any atom is 0.187 e. The van der Waals surface area contributed by atoms with Crippen LogP contribution in [0.4, 0.5) is 0 Å². The lowest BCUT2D eigenvalue weighted by Gasteiger charge is -2.52. The van der Waals surface area contributed by atoms with Gasteiger partial charge in [0.15, 0.2) is 44.0 Å². The Kier molecular flexibility index (Phi) is 23.5. The quantitative estimate of drug-likeness (QED) is 0.0863. The van der Waals surface area contributed by atoms with Crippen LogP contribution in [0.5, 0.6) is 0 Å². The zero-order valence-corrected chi connectivity index (χ0v) is 44.3. The SMILES string of the molecule is O=C([O-])CN(CC(=O)[O-])[C@@H]1[C@@H](O)[C@H]2O[C@H]3[C@H](O)[C@@H](O)[C@@H](O[C@H]4[C@H](O)[C@@H](O)[C@@H](O[C@H]5[C@H](O)[C@@H](O)[C@@H](O[C@H]6[C@H](O)[C@@H](O)[C@@H](O[C@H]7[C@H](O)[C@@H](O)[C@@H](O[C@H]8[C@H](O)[C@@H](O)[C@@H](O[C@@H]1[C@@H](CO)O2)O[C@@H]8CO)O[C@@H]7CO)O[C@@H]6CO)O[C@@H]5CO)O[C@@H]4CO)O[C@@H]3CO. The molecule has 21 rings (SSSR count). The van der Waals surface area contributed by atoms with Gasteiger partial charge in [-0.3, -0.25) is 4.90 Å². The van der Waals surface area contributed by atoms with Crippen molar-refractivity contribution in [3.8, 4) is 0 Å². The van der Waals surface area contributed by atoms with Crippen molar-refractivity contribution in [1.29, 1.82) is 0 Å². The van der Waals surface area contributed by atoms with Crippen LogP contribution in [-0.4, -0.2) is 393 Å². The summed E-state index contributed by atoms with van der Waals surface area (Å²) in [5, 5.41) is 246. The number of carboxylic acid groups (broad SMARTS) is 2. The second-order valence-corrected chi connectivity index (χ2v) is 21.3. The van der Waals surface area contributed by atoms with E-state index in [1.54, 1.807) is 0 Å². The van der Waals surface area contributed by atoms with Gasteiger partial charge in [0.1, 0.15) is 165 Å². The Morgan fingerprint density at radius 1 is 0.259 bits per heavy atom. The monoisotopic (exact) mass is 1250 g/mol. The average molecular weight is 1250 g/mol. The van der Waals surface area contributed by atoms with Gasteiger partial charge in [-0.2, -0.15) is 0 Å². The molecule has 0 aromatic heterocycles. The van der Waals surface area contributed by atoms with Crippen molar-refractivity contribution < 1.29 is 188 Å². The molecule has 0 aliphatic carbocycles. The third-order valence-corrected chi connectivity index (χ3v) is 15.9. The Hall–Kier alpha value is -2.46. The van der Waals surface area contributed by atoms with Crippen LogP contribution in [0.3, 0.4) is 0 Å². The summed E-state index contributed by atoms with van der Waals surface area (Å²) in [4.78, 5) is 24.7. The van der Waals surface area contributed by atoms with Crippen molar-refractivity contribution in [2.75, 3.05) is 59.3 Å². The highest BCUT2D eigenvalue weighted by Gasteiger charge is 2.60. The summed E-state index contributed by atoms with van der Waals surface area (Å²) < 4.78 is 80.1. The minimum Gasteiger partial charge on any atom is -0.549 e. The van der Waals surface area contributed by atoms with Crippen molar-refractivity contribution in [1.82, 2.24) is 4.90 Å². The summed E-state index contributed by atoms with van der Waals surface area (Å²) in [7, 11) is 0. The molecule has 20 N–H and O–H groups in total. The summed E-state index contributed by atoms with van der Waals surface area (Å²) in [5.74, 6) is -3.99. The van der Waals surface area contributed by atoms with E-state index in [9.17, 15) is 122 Å². The molecular formula is C46H73NO38-2. The molecule has 21 aliphatic rings. The molecule has 0 spiro atoms. The van der Waals surface area contributed by atoms with Crippen molar-refractivity contribution in [2.24, 2.45) is 0 Å². The molecule has 35 atom stereocenters. The standard InChI is InChI=1S/C46H75NO38/c48-3-10-33-19(47(1-17(55)56)2-18(57)58)20(59)40(72-10)80-34-11(4-49)74-42(28(67)22(34)61)82-36-13(6-51)76-44(30(69)24(36)63)84-38-15(8-53)78-46(32(71)26(38)65)85-39-16(9-54)77-45(31(70)25(39)64)83-37-14(7-52)75-43(29(68)23(37)62)81-35-12(5-50)73-41(79-33)27(66)21(35)60/h10-16,19-46,48-54,59-71H,1-9H2,(H,55,56)(H,57,58)/p-2/t10-,11-,12-,13-,14-,15-,16-,19-,20-,21-,22-,23-,24-,25-,26-,27-,28-,29-,30-,31-,32-,33-,34-,35-,36-,37-,38-,39-,40-,41-,42-,43-,44-,45-,46-/m1/s1. The third-order valence-electron chi connectivity index (χ3n) is 15.9. The first-order valence-electron chi connectivity index (χ1n) is 26.8. The van der Waals surface area contributed by atoms with E-state index in [4.69, 9.17) is 66.3 Å². The van der Waals surface area contributed by atoms with Gasteiger partial charge < -0.3 is 188 Å². The predicted molar refractivity (Wildman–Crippen MR) is 248 cm³/mol. The van der Waals surface area contributed by atoms with Gasteiger partial charge in [-0.1, -0.05) is 0 Å². The van der Waals surface area contributed by atoms with E-state index < -0.39 is 286 Å². The topological polar surface area (TPSA) is 617 Å². The van der Waals surface area contributed by atoms with E-state index in [0.717, 1.165) is 0 Å². The van der Waals surface area contributed by atoms with Crippen molar-refractivity contribution in [2.45, 2.75) is 215 Å². The normalized spacial score (nSPS) is 51.2. The number of carbonyl (C=O) groups is 2. The number of rotatable bonds is 12. The highest BCUT2D eigenvalue weighted by molar-refractivity contribution is 5.70. The number of aliphatic hydroxyl groups is 20. The number of carbonyl (C=O) groups excluding carboxylic acids is 2. The molecule has 21 fully saturated rings. The number of nitrogens with zero attached hydrogens (tertiary/aromatic N) is 1. The lowest BCUT2D eigenvalue weighted by Crippen LogP contribution is -2.71. The summed E-state index contributed by atoms with van der Waals surface area (Å²) in [6.07, 6.45) is -71.9. The summed E-state index contributed by atoms with van der Waals surface area (Å²) in [6.45, 7) is -10.7. The molecule has 85 heavy (non-hydrogen) atoms. The fraction of sp³-hybridized carbons (Fsp3) is 0.957. The largest absolute Gasteiger partial charge is 0.549 e. The third kappa shape index (κ3) is 14.1. The van der Waals surface area contributed by atoms with Crippen LogP contribution in [-0.2, 0) is 75.9 Å². The molecule has 0 radical (unpaired) electrons. The van der Waals surface area contributed by atoms with Gasteiger partial charge >= 0.3 is 0 Å². The second-order valence-electron chi connectivity index (χ2n) is 21.3. The smallest absolute Gasteiger partial charge is 0.187 e. The molecule has 0 aromatic rings. The van der Waals surface area contributed by atoms with Crippen LogP contribution in [0.25, 0.3) is 0 Å². The zero-order chi connectivity index (χ0) is 62.2. The van der Waals surface area contributed by atoms with E-state index in [2.05, 4.69) is 0 Å². The molecule has 492 valence electrons. The lowest BCUT2D eigenvalue weighted by molar-refractivity contribution is -0.396. The molecule has 0 unspecified atom stereocenters. The predicted octanol–water partition coefficient (Wildman–Crippen LogP) is -18.4. The Bertz CT molecular complexity index is 2100. The second kappa shape index (κ2) is 29.2. The first kappa shape index (κ1) is 68.4. The number of ether oxygens (including phenoxy) is 14. The molecule has 0 amide bonds. The molecule has 39 heteroatoms.